The number of benzene rings is 1. The Hall–Kier alpha value is -1.91. The molecule has 1 aliphatic carbocycles. The fourth-order valence-corrected chi connectivity index (χ4v) is 3.21. The van der Waals surface area contributed by atoms with Crippen LogP contribution in [0, 0.1) is 17.7 Å². The maximum atomic E-state index is 12.9. The molecular formula is C20H29FN2O2. The lowest BCUT2D eigenvalue weighted by Crippen LogP contribution is -2.45. The Kier molecular flexibility index (Phi) is 6.57. The molecular weight excluding hydrogens is 319 g/mol. The molecule has 1 aliphatic rings. The monoisotopic (exact) mass is 348 g/mol. The van der Waals surface area contributed by atoms with E-state index in [1.54, 1.807) is 12.1 Å². The summed E-state index contributed by atoms with van der Waals surface area (Å²) in [7, 11) is 0. The highest BCUT2D eigenvalue weighted by Crippen LogP contribution is 2.29. The van der Waals surface area contributed by atoms with Crippen LogP contribution in [0.3, 0.4) is 0 Å². The zero-order valence-corrected chi connectivity index (χ0v) is 15.4. The van der Waals surface area contributed by atoms with E-state index in [-0.39, 0.29) is 35.0 Å². The third-order valence-corrected chi connectivity index (χ3v) is 4.59. The predicted molar refractivity (Wildman–Crippen MR) is 96.5 cm³/mol. The first-order chi connectivity index (χ1) is 11.7. The van der Waals surface area contributed by atoms with Crippen molar-refractivity contribution in [2.24, 2.45) is 11.8 Å². The van der Waals surface area contributed by atoms with Crippen LogP contribution in [-0.2, 0) is 16.0 Å². The zero-order valence-electron chi connectivity index (χ0n) is 15.4. The lowest BCUT2D eigenvalue weighted by atomic mass is 9.81. The van der Waals surface area contributed by atoms with E-state index >= 15 is 0 Å². The SMILES string of the molecule is CC(C)(C)NC(=O)C1CCC(C(=O)NCCc2ccc(F)cc2)CC1. The van der Waals surface area contributed by atoms with Gasteiger partial charge in [0.15, 0.2) is 0 Å². The minimum absolute atomic E-state index is 0.00750. The highest BCUT2D eigenvalue weighted by Gasteiger charge is 2.31. The number of amides is 2. The van der Waals surface area contributed by atoms with E-state index < -0.39 is 0 Å². The van der Waals surface area contributed by atoms with Gasteiger partial charge in [-0.2, -0.15) is 0 Å². The molecule has 0 unspecified atom stereocenters. The van der Waals surface area contributed by atoms with E-state index in [2.05, 4.69) is 10.6 Å². The molecule has 1 aromatic rings. The largest absolute Gasteiger partial charge is 0.356 e. The molecule has 2 amide bonds. The first-order valence-electron chi connectivity index (χ1n) is 9.09. The van der Waals surface area contributed by atoms with Crippen molar-refractivity contribution in [2.45, 2.75) is 58.4 Å². The molecule has 5 heteroatoms. The van der Waals surface area contributed by atoms with Gasteiger partial charge in [0.25, 0.3) is 0 Å². The molecule has 0 radical (unpaired) electrons. The number of halogens is 1. The molecule has 0 bridgehead atoms. The predicted octanol–water partition coefficient (Wildman–Crippen LogP) is 3.21. The number of carbonyl (C=O) groups is 2. The second-order valence-corrected chi connectivity index (χ2v) is 7.96. The topological polar surface area (TPSA) is 58.2 Å². The van der Waals surface area contributed by atoms with Crippen LogP contribution in [0.5, 0.6) is 0 Å². The molecule has 0 aromatic heterocycles. The van der Waals surface area contributed by atoms with E-state index in [0.29, 0.717) is 13.0 Å². The maximum Gasteiger partial charge on any atom is 0.223 e. The minimum Gasteiger partial charge on any atom is -0.356 e. The van der Waals surface area contributed by atoms with Crippen molar-refractivity contribution >= 4 is 11.8 Å². The average Bonchev–Trinajstić information content (AvgIpc) is 2.55. The molecule has 0 saturated heterocycles. The van der Waals surface area contributed by atoms with Crippen molar-refractivity contribution in [2.75, 3.05) is 6.54 Å². The van der Waals surface area contributed by atoms with E-state index in [1.165, 1.54) is 12.1 Å². The minimum atomic E-state index is -0.250. The van der Waals surface area contributed by atoms with Gasteiger partial charge in [-0.15, -0.1) is 0 Å². The fourth-order valence-electron chi connectivity index (χ4n) is 3.21. The fraction of sp³-hybridized carbons (Fsp3) is 0.600. The van der Waals surface area contributed by atoms with Crippen LogP contribution < -0.4 is 10.6 Å². The van der Waals surface area contributed by atoms with Gasteiger partial charge in [-0.05, 0) is 70.6 Å². The number of hydrogen-bond donors (Lipinski definition) is 2. The van der Waals surface area contributed by atoms with E-state index in [1.807, 2.05) is 20.8 Å². The van der Waals surface area contributed by atoms with Crippen molar-refractivity contribution in [1.82, 2.24) is 10.6 Å². The van der Waals surface area contributed by atoms with Crippen LogP contribution in [0.1, 0.15) is 52.0 Å². The molecule has 0 heterocycles. The maximum absolute atomic E-state index is 12.9. The summed E-state index contributed by atoms with van der Waals surface area (Å²) in [6, 6.07) is 6.34. The molecule has 0 aliphatic heterocycles. The van der Waals surface area contributed by atoms with Gasteiger partial charge >= 0.3 is 0 Å². The summed E-state index contributed by atoms with van der Waals surface area (Å²) >= 11 is 0. The van der Waals surface area contributed by atoms with Crippen molar-refractivity contribution in [3.05, 3.63) is 35.6 Å². The zero-order chi connectivity index (χ0) is 18.4. The van der Waals surface area contributed by atoms with Gasteiger partial charge in [0.2, 0.25) is 11.8 Å². The van der Waals surface area contributed by atoms with Crippen LogP contribution in [-0.4, -0.2) is 23.9 Å². The number of rotatable bonds is 5. The normalized spacial score (nSPS) is 20.8. The Morgan fingerprint density at radius 3 is 2.04 bits per heavy atom. The molecule has 25 heavy (non-hydrogen) atoms. The van der Waals surface area contributed by atoms with Gasteiger partial charge in [0.1, 0.15) is 5.82 Å². The summed E-state index contributed by atoms with van der Waals surface area (Å²) in [4.78, 5) is 24.5. The molecule has 1 aromatic carbocycles. The van der Waals surface area contributed by atoms with Gasteiger partial charge in [-0.1, -0.05) is 12.1 Å². The van der Waals surface area contributed by atoms with Gasteiger partial charge in [0, 0.05) is 23.9 Å². The Bertz CT molecular complexity index is 585. The summed E-state index contributed by atoms with van der Waals surface area (Å²) in [6.45, 7) is 6.48. The van der Waals surface area contributed by atoms with Gasteiger partial charge < -0.3 is 10.6 Å². The van der Waals surface area contributed by atoms with Crippen LogP contribution in [0.25, 0.3) is 0 Å². The Morgan fingerprint density at radius 2 is 1.52 bits per heavy atom. The lowest BCUT2D eigenvalue weighted by Gasteiger charge is -2.30. The first kappa shape index (κ1) is 19.4. The van der Waals surface area contributed by atoms with Crippen molar-refractivity contribution in [3.63, 3.8) is 0 Å². The van der Waals surface area contributed by atoms with Crippen molar-refractivity contribution in [1.29, 1.82) is 0 Å². The van der Waals surface area contributed by atoms with Crippen molar-refractivity contribution < 1.29 is 14.0 Å². The quantitative estimate of drug-likeness (QED) is 0.858. The number of nitrogens with one attached hydrogen (secondary N) is 2. The molecule has 1 fully saturated rings. The Morgan fingerprint density at radius 1 is 1.00 bits per heavy atom. The molecule has 2 rings (SSSR count). The summed E-state index contributed by atoms with van der Waals surface area (Å²) in [5.41, 5.74) is 0.787. The second-order valence-electron chi connectivity index (χ2n) is 7.96. The molecule has 138 valence electrons. The third-order valence-electron chi connectivity index (χ3n) is 4.59. The standard InChI is InChI=1S/C20H29FN2O2/c1-20(2,3)23-19(25)16-8-6-15(7-9-16)18(24)22-13-12-14-4-10-17(21)11-5-14/h4-5,10-11,15-16H,6-9,12-13H2,1-3H3,(H,22,24)(H,23,25). The highest BCUT2D eigenvalue weighted by atomic mass is 19.1. The number of hydrogen-bond acceptors (Lipinski definition) is 2. The second kappa shape index (κ2) is 8.45. The van der Waals surface area contributed by atoms with Crippen molar-refractivity contribution in [3.8, 4) is 0 Å². The molecule has 1 saturated carbocycles. The van der Waals surface area contributed by atoms with Crippen LogP contribution in [0.4, 0.5) is 4.39 Å². The first-order valence-corrected chi connectivity index (χ1v) is 9.09. The summed E-state index contributed by atoms with van der Waals surface area (Å²) in [5, 5.41) is 5.99. The van der Waals surface area contributed by atoms with Gasteiger partial charge in [0.05, 0.1) is 0 Å². The summed E-state index contributed by atoms with van der Waals surface area (Å²) < 4.78 is 12.9. The average molecular weight is 348 g/mol. The van der Waals surface area contributed by atoms with Gasteiger partial charge in [-0.25, -0.2) is 4.39 Å². The van der Waals surface area contributed by atoms with E-state index in [9.17, 15) is 14.0 Å². The molecule has 4 nitrogen and oxygen atoms in total. The lowest BCUT2D eigenvalue weighted by molar-refractivity contribution is -0.131. The van der Waals surface area contributed by atoms with Crippen LogP contribution >= 0.6 is 0 Å². The molecule has 0 atom stereocenters. The van der Waals surface area contributed by atoms with Crippen LogP contribution in [0.15, 0.2) is 24.3 Å². The summed E-state index contributed by atoms with van der Waals surface area (Å²) in [5.74, 6) is -0.0751. The third kappa shape index (κ3) is 6.48. The molecule has 2 N–H and O–H groups in total. The van der Waals surface area contributed by atoms with E-state index in [0.717, 1.165) is 31.2 Å². The Labute approximate surface area is 149 Å². The Balaban J connectivity index is 1.70. The molecule has 0 spiro atoms. The summed E-state index contributed by atoms with van der Waals surface area (Å²) in [6.07, 6.45) is 3.72. The number of carbonyl (C=O) groups excluding carboxylic acids is 2. The van der Waals surface area contributed by atoms with E-state index in [4.69, 9.17) is 0 Å². The van der Waals surface area contributed by atoms with Gasteiger partial charge in [-0.3, -0.25) is 9.59 Å². The smallest absolute Gasteiger partial charge is 0.223 e. The van der Waals surface area contributed by atoms with Crippen LogP contribution in [0.2, 0.25) is 0 Å². The highest BCUT2D eigenvalue weighted by molar-refractivity contribution is 5.81.